The van der Waals surface area contributed by atoms with Crippen molar-refractivity contribution in [3.8, 4) is 0 Å². The fourth-order valence-electron chi connectivity index (χ4n) is 6.68. The average Bonchev–Trinajstić information content (AvgIpc) is 2.83. The molecule has 0 heterocycles. The monoisotopic (exact) mass is 394 g/mol. The third-order valence-corrected chi connectivity index (χ3v) is 10.1. The van der Waals surface area contributed by atoms with E-state index in [1.165, 1.54) is 32.1 Å². The molecule has 0 aromatic carbocycles. The Morgan fingerprint density at radius 1 is 1.21 bits per heavy atom. The first-order valence-corrected chi connectivity index (χ1v) is 11.4. The van der Waals surface area contributed by atoms with Gasteiger partial charge in [0.15, 0.2) is 0 Å². The second-order valence-corrected chi connectivity index (χ2v) is 11.8. The van der Waals surface area contributed by atoms with Crippen LogP contribution in [-0.2, 0) is 4.79 Å². The van der Waals surface area contributed by atoms with E-state index < -0.39 is 0 Å². The molecular weight excluding hydrogens is 363 g/mol. The zero-order valence-corrected chi connectivity index (χ0v) is 16.7. The number of carbonyl (C=O) groups excluding carboxylic acids is 1. The van der Waals surface area contributed by atoms with Crippen LogP contribution in [-0.4, -0.2) is 25.5 Å². The minimum atomic E-state index is -0.0161. The van der Waals surface area contributed by atoms with Crippen molar-refractivity contribution in [3.63, 3.8) is 0 Å². The molecular formula is C20H30N2OSe. The van der Waals surface area contributed by atoms with Crippen LogP contribution in [0.15, 0.2) is 11.6 Å². The molecule has 3 nitrogen and oxygen atoms in total. The number of allylic oxidation sites excluding steroid dienone is 2. The molecule has 132 valence electrons. The van der Waals surface area contributed by atoms with Crippen LogP contribution < -0.4 is 5.73 Å². The fraction of sp³-hybridized carbons (Fsp3) is 0.800. The summed E-state index contributed by atoms with van der Waals surface area (Å²) in [6.07, 6.45) is 11.7. The maximum atomic E-state index is 12.5. The molecule has 4 aliphatic carbocycles. The molecule has 3 saturated carbocycles. The predicted molar refractivity (Wildman–Crippen MR) is 98.1 cm³/mol. The van der Waals surface area contributed by atoms with Gasteiger partial charge in [-0.15, -0.1) is 0 Å². The van der Waals surface area contributed by atoms with Crippen LogP contribution in [0.4, 0.5) is 0 Å². The number of Topliss-reactive ketones (excluding diaryl/α,β-unsaturated/α-hetero) is 1. The first-order chi connectivity index (χ1) is 11.3. The van der Waals surface area contributed by atoms with Crippen molar-refractivity contribution in [1.29, 1.82) is 5.41 Å². The Balaban J connectivity index is 1.60. The number of hydrogen-bond acceptors (Lipinski definition) is 2. The molecule has 3 fully saturated rings. The van der Waals surface area contributed by atoms with Crippen LogP contribution in [0, 0.1) is 34.0 Å². The summed E-state index contributed by atoms with van der Waals surface area (Å²) < 4.78 is 0.406. The van der Waals surface area contributed by atoms with Gasteiger partial charge in [-0.1, -0.05) is 0 Å². The van der Waals surface area contributed by atoms with Gasteiger partial charge in [-0.05, 0) is 0 Å². The number of rotatable bonds is 2. The zero-order chi connectivity index (χ0) is 17.1. The van der Waals surface area contributed by atoms with Crippen LogP contribution in [0.5, 0.6) is 0 Å². The van der Waals surface area contributed by atoms with E-state index in [0.29, 0.717) is 26.7 Å². The molecule has 0 spiro atoms. The minimum absolute atomic E-state index is 0.0161. The second kappa shape index (κ2) is 5.71. The van der Waals surface area contributed by atoms with Crippen molar-refractivity contribution in [3.05, 3.63) is 11.6 Å². The van der Waals surface area contributed by atoms with E-state index in [0.717, 1.165) is 31.1 Å². The summed E-state index contributed by atoms with van der Waals surface area (Å²) in [6, 6.07) is 0. The standard InChI is InChI=1S/C20H30N2OSe/c1-19-9-7-13(24-18(21)22)11-12(19)3-4-14-15-5-6-17(23)20(15,2)10-8-16(14)19/h3,13-16H,4-11H2,1-2H3,(H3,21,22)/t13-,14-,15-,16-,19-,20-/m0/s1. The number of nitrogens with one attached hydrogen (secondary N) is 1. The molecule has 0 aromatic rings. The van der Waals surface area contributed by atoms with Gasteiger partial charge in [0.25, 0.3) is 0 Å². The Morgan fingerprint density at radius 2 is 1.92 bits per heavy atom. The molecule has 4 aliphatic rings. The molecule has 0 amide bonds. The van der Waals surface area contributed by atoms with Gasteiger partial charge in [0.05, 0.1) is 0 Å². The zero-order valence-electron chi connectivity index (χ0n) is 14.9. The summed E-state index contributed by atoms with van der Waals surface area (Å²) in [7, 11) is 0. The van der Waals surface area contributed by atoms with Gasteiger partial charge in [-0.3, -0.25) is 0 Å². The van der Waals surface area contributed by atoms with Crippen molar-refractivity contribution in [1.82, 2.24) is 0 Å². The van der Waals surface area contributed by atoms with Gasteiger partial charge in [-0.2, -0.15) is 0 Å². The Bertz CT molecular complexity index is 615. The van der Waals surface area contributed by atoms with E-state index in [4.69, 9.17) is 11.1 Å². The number of hydrogen-bond donors (Lipinski definition) is 2. The molecule has 0 radical (unpaired) electrons. The number of carbonyl (C=O) groups is 1. The summed E-state index contributed by atoms with van der Waals surface area (Å²) in [6.45, 7) is 4.77. The van der Waals surface area contributed by atoms with Gasteiger partial charge in [0.2, 0.25) is 0 Å². The van der Waals surface area contributed by atoms with E-state index >= 15 is 0 Å². The first kappa shape index (κ1) is 16.8. The van der Waals surface area contributed by atoms with Crippen molar-refractivity contribution >= 4 is 25.5 Å². The average molecular weight is 393 g/mol. The number of fused-ring (bicyclic) bond motifs is 5. The summed E-state index contributed by atoms with van der Waals surface area (Å²) in [5.74, 6) is 2.65. The van der Waals surface area contributed by atoms with Gasteiger partial charge >= 0.3 is 152 Å². The number of nitrogens with two attached hydrogens (primary N) is 1. The molecule has 6 atom stereocenters. The van der Waals surface area contributed by atoms with Crippen LogP contribution >= 0.6 is 0 Å². The quantitative estimate of drug-likeness (QED) is 0.323. The van der Waals surface area contributed by atoms with Crippen molar-refractivity contribution < 1.29 is 4.79 Å². The van der Waals surface area contributed by atoms with Gasteiger partial charge in [0.1, 0.15) is 0 Å². The molecule has 0 unspecified atom stereocenters. The Kier molecular flexibility index (Phi) is 4.01. The molecule has 0 saturated heterocycles. The first-order valence-electron chi connectivity index (χ1n) is 9.58. The Labute approximate surface area is 151 Å². The van der Waals surface area contributed by atoms with Crippen LogP contribution in [0.2, 0.25) is 4.82 Å². The van der Waals surface area contributed by atoms with E-state index in [-0.39, 0.29) is 20.4 Å². The van der Waals surface area contributed by atoms with E-state index in [1.807, 2.05) is 0 Å². The molecule has 4 heteroatoms. The van der Waals surface area contributed by atoms with Crippen molar-refractivity contribution in [2.45, 2.75) is 70.0 Å². The van der Waals surface area contributed by atoms with Gasteiger partial charge in [-0.25, -0.2) is 0 Å². The molecule has 0 aromatic heterocycles. The summed E-state index contributed by atoms with van der Waals surface area (Å²) >= 11 is 0.169. The van der Waals surface area contributed by atoms with Crippen LogP contribution in [0.3, 0.4) is 0 Å². The predicted octanol–water partition coefficient (Wildman–Crippen LogP) is 3.90. The summed E-state index contributed by atoms with van der Waals surface area (Å²) in [5, 5.41) is 7.63. The van der Waals surface area contributed by atoms with Crippen molar-refractivity contribution in [2.75, 3.05) is 0 Å². The van der Waals surface area contributed by atoms with Gasteiger partial charge < -0.3 is 0 Å². The third-order valence-electron chi connectivity index (χ3n) is 8.06. The molecule has 0 bridgehead atoms. The Hall–Kier alpha value is -0.601. The normalized spacial score (nSPS) is 47.4. The fourth-order valence-corrected chi connectivity index (χ4v) is 8.48. The van der Waals surface area contributed by atoms with Crippen LogP contribution in [0.1, 0.15) is 65.2 Å². The van der Waals surface area contributed by atoms with Gasteiger partial charge in [0, 0.05) is 0 Å². The molecule has 0 aliphatic heterocycles. The maximum absolute atomic E-state index is 12.5. The topological polar surface area (TPSA) is 66.9 Å². The van der Waals surface area contributed by atoms with E-state index in [1.54, 1.807) is 5.57 Å². The van der Waals surface area contributed by atoms with E-state index in [2.05, 4.69) is 19.9 Å². The molecule has 3 N–H and O–H groups in total. The Morgan fingerprint density at radius 3 is 2.67 bits per heavy atom. The van der Waals surface area contributed by atoms with Crippen molar-refractivity contribution in [2.24, 2.45) is 34.3 Å². The summed E-state index contributed by atoms with van der Waals surface area (Å²) in [5.41, 5.74) is 7.67. The molecule has 24 heavy (non-hydrogen) atoms. The SMILES string of the molecule is C[C@]12CC[C@H]([Se]C(=N)N)CC1=CC[C@@H]1[C@@H]2CC[C@]2(C)C(=O)CC[C@@H]12. The number of ketones is 1. The second-order valence-electron chi connectivity index (χ2n) is 9.02. The van der Waals surface area contributed by atoms with E-state index in [9.17, 15) is 4.79 Å². The molecule has 4 rings (SSSR count). The third kappa shape index (κ3) is 2.36. The summed E-state index contributed by atoms with van der Waals surface area (Å²) in [4.78, 5) is 13.1. The number of amidine groups is 1. The van der Waals surface area contributed by atoms with Crippen LogP contribution in [0.25, 0.3) is 0 Å².